The topological polar surface area (TPSA) is 78.5 Å². The lowest BCUT2D eigenvalue weighted by Gasteiger charge is -2.33. The zero-order valence-electron chi connectivity index (χ0n) is 18.5. The molecule has 172 valence electrons. The Morgan fingerprint density at radius 1 is 0.938 bits per heavy atom. The Hall–Kier alpha value is -2.22. The van der Waals surface area contributed by atoms with Gasteiger partial charge in [-0.05, 0) is 55.4 Å². The molecule has 0 atom stereocenters. The van der Waals surface area contributed by atoms with E-state index in [4.69, 9.17) is 0 Å². The molecule has 2 aromatic rings. The van der Waals surface area contributed by atoms with Crippen molar-refractivity contribution in [1.29, 1.82) is 0 Å². The minimum Gasteiger partial charge on any atom is -0.349 e. The quantitative estimate of drug-likeness (QED) is 0.638. The van der Waals surface area contributed by atoms with Crippen LogP contribution in [0.2, 0.25) is 0 Å². The van der Waals surface area contributed by atoms with Crippen LogP contribution in [0.5, 0.6) is 0 Å². The highest BCUT2D eigenvalue weighted by Gasteiger charge is 2.25. The maximum absolute atomic E-state index is 12.8. The van der Waals surface area contributed by atoms with Crippen molar-refractivity contribution in [2.24, 2.45) is 5.92 Å². The monoisotopic (exact) mass is 455 g/mol. The van der Waals surface area contributed by atoms with E-state index in [0.29, 0.717) is 5.56 Å². The van der Waals surface area contributed by atoms with Gasteiger partial charge in [-0.3, -0.25) is 4.79 Å². The van der Waals surface area contributed by atoms with Crippen LogP contribution in [0.25, 0.3) is 0 Å². The fraction of sp³-hybridized carbons (Fsp3) is 0.480. The number of nitrogens with one attached hydrogen (secondary N) is 2. The Kier molecular flexibility index (Phi) is 7.60. The smallest absolute Gasteiger partial charge is 0.251 e. The fourth-order valence-corrected chi connectivity index (χ4v) is 5.81. The lowest BCUT2D eigenvalue weighted by Crippen LogP contribution is -2.45. The van der Waals surface area contributed by atoms with Gasteiger partial charge in [0.25, 0.3) is 5.91 Å². The average Bonchev–Trinajstić information content (AvgIpc) is 3.33. The van der Waals surface area contributed by atoms with E-state index in [1.54, 1.807) is 12.1 Å². The molecule has 1 heterocycles. The number of carbonyl (C=O) groups is 1. The summed E-state index contributed by atoms with van der Waals surface area (Å²) >= 11 is 0. The second-order valence-electron chi connectivity index (χ2n) is 9.04. The van der Waals surface area contributed by atoms with Crippen LogP contribution < -0.4 is 10.0 Å². The van der Waals surface area contributed by atoms with Crippen molar-refractivity contribution in [2.45, 2.75) is 56.0 Å². The minimum absolute atomic E-state index is 0.104. The second kappa shape index (κ2) is 10.6. The van der Waals surface area contributed by atoms with Gasteiger partial charge in [0.2, 0.25) is 10.0 Å². The number of benzene rings is 2. The lowest BCUT2D eigenvalue weighted by atomic mass is 10.0. The van der Waals surface area contributed by atoms with Gasteiger partial charge in [-0.1, -0.05) is 49.2 Å². The maximum Gasteiger partial charge on any atom is 0.251 e. The van der Waals surface area contributed by atoms with Gasteiger partial charge in [-0.25, -0.2) is 13.1 Å². The Morgan fingerprint density at radius 2 is 1.66 bits per heavy atom. The van der Waals surface area contributed by atoms with Crippen molar-refractivity contribution >= 4 is 15.9 Å². The van der Waals surface area contributed by atoms with Gasteiger partial charge in [-0.15, -0.1) is 0 Å². The Balaban J connectivity index is 1.30. The molecule has 2 N–H and O–H groups in total. The number of amides is 1. The van der Waals surface area contributed by atoms with Crippen LogP contribution in [0.4, 0.5) is 0 Å². The largest absolute Gasteiger partial charge is 0.349 e. The number of hydrogen-bond acceptors (Lipinski definition) is 4. The zero-order valence-corrected chi connectivity index (χ0v) is 19.3. The maximum atomic E-state index is 12.8. The van der Waals surface area contributed by atoms with Crippen LogP contribution in [-0.4, -0.2) is 44.9 Å². The molecule has 0 bridgehead atoms. The first-order valence-corrected chi connectivity index (χ1v) is 13.1. The molecule has 1 aliphatic carbocycles. The Labute approximate surface area is 191 Å². The summed E-state index contributed by atoms with van der Waals surface area (Å²) in [6.45, 7) is 3.42. The van der Waals surface area contributed by atoms with Gasteiger partial charge in [0, 0.05) is 37.8 Å². The first kappa shape index (κ1) is 23.0. The van der Waals surface area contributed by atoms with E-state index in [2.05, 4.69) is 14.9 Å². The molecular formula is C25H33N3O3S. The van der Waals surface area contributed by atoms with E-state index >= 15 is 0 Å². The Morgan fingerprint density at radius 3 is 2.38 bits per heavy atom. The summed E-state index contributed by atoms with van der Waals surface area (Å²) in [5.74, 6) is 0.640. The molecule has 4 rings (SSSR count). The van der Waals surface area contributed by atoms with Crippen molar-refractivity contribution in [2.75, 3.05) is 19.6 Å². The van der Waals surface area contributed by atoms with Crippen molar-refractivity contribution in [3.05, 3.63) is 65.7 Å². The van der Waals surface area contributed by atoms with Crippen molar-refractivity contribution in [1.82, 2.24) is 14.9 Å². The van der Waals surface area contributed by atoms with Crippen LogP contribution in [0.15, 0.2) is 59.5 Å². The summed E-state index contributed by atoms with van der Waals surface area (Å²) in [6.07, 6.45) is 7.33. The molecule has 1 aliphatic heterocycles. The van der Waals surface area contributed by atoms with Gasteiger partial charge < -0.3 is 10.2 Å². The molecule has 0 radical (unpaired) electrons. The first-order valence-electron chi connectivity index (χ1n) is 11.7. The molecule has 6 nitrogen and oxygen atoms in total. The highest BCUT2D eigenvalue weighted by molar-refractivity contribution is 7.89. The molecule has 2 aromatic carbocycles. The van der Waals surface area contributed by atoms with Crippen LogP contribution in [0, 0.1) is 5.92 Å². The second-order valence-corrected chi connectivity index (χ2v) is 10.8. The molecular weight excluding hydrogens is 422 g/mol. The summed E-state index contributed by atoms with van der Waals surface area (Å²) in [5.41, 5.74) is 1.25. The molecule has 0 unspecified atom stereocenters. The fourth-order valence-electron chi connectivity index (χ4n) is 4.75. The standard InChI is InChI=1S/C25H33N3O3S/c29-25(27-23-13-15-28(16-14-23)19-21-9-4-5-10-21)22-11-6-12-24(17-22)32(30,31)26-18-20-7-2-1-3-8-20/h1-3,6-8,11-12,17,21,23,26H,4-5,9-10,13-16,18-19H2,(H,27,29). The number of rotatable bonds is 8. The van der Waals surface area contributed by atoms with E-state index in [-0.39, 0.29) is 23.4 Å². The number of nitrogens with zero attached hydrogens (tertiary/aromatic N) is 1. The number of carbonyl (C=O) groups excluding carboxylic acids is 1. The predicted molar refractivity (Wildman–Crippen MR) is 126 cm³/mol. The molecule has 2 aliphatic rings. The van der Waals surface area contributed by atoms with E-state index in [9.17, 15) is 13.2 Å². The summed E-state index contributed by atoms with van der Waals surface area (Å²) in [6, 6.07) is 15.8. The van der Waals surface area contributed by atoms with E-state index in [1.807, 2.05) is 30.3 Å². The van der Waals surface area contributed by atoms with Gasteiger partial charge in [0.05, 0.1) is 4.90 Å². The molecule has 1 amide bonds. The predicted octanol–water partition coefficient (Wildman–Crippen LogP) is 3.55. The van der Waals surface area contributed by atoms with E-state index in [0.717, 1.165) is 37.4 Å². The summed E-state index contributed by atoms with van der Waals surface area (Å²) in [5, 5.41) is 3.11. The average molecular weight is 456 g/mol. The first-order chi connectivity index (χ1) is 15.5. The van der Waals surface area contributed by atoms with Crippen LogP contribution >= 0.6 is 0 Å². The summed E-state index contributed by atoms with van der Waals surface area (Å²) < 4.78 is 28.0. The molecule has 0 spiro atoms. The minimum atomic E-state index is -3.70. The van der Waals surface area contributed by atoms with Crippen LogP contribution in [0.1, 0.15) is 54.4 Å². The van der Waals surface area contributed by atoms with Crippen molar-refractivity contribution < 1.29 is 13.2 Å². The number of piperidine rings is 1. The number of likely N-dealkylation sites (tertiary alicyclic amines) is 1. The van der Waals surface area contributed by atoms with Crippen molar-refractivity contribution in [3.63, 3.8) is 0 Å². The third-order valence-corrected chi connectivity index (χ3v) is 8.03. The zero-order chi connectivity index (χ0) is 22.4. The molecule has 1 saturated carbocycles. The van der Waals surface area contributed by atoms with Gasteiger partial charge in [-0.2, -0.15) is 0 Å². The lowest BCUT2D eigenvalue weighted by molar-refractivity contribution is 0.0905. The highest BCUT2D eigenvalue weighted by Crippen LogP contribution is 2.26. The molecule has 32 heavy (non-hydrogen) atoms. The number of hydrogen-bond donors (Lipinski definition) is 2. The third kappa shape index (κ3) is 6.18. The molecule has 7 heteroatoms. The number of sulfonamides is 1. The normalized spacial score (nSPS) is 18.6. The molecule has 1 saturated heterocycles. The summed E-state index contributed by atoms with van der Waals surface area (Å²) in [7, 11) is -3.70. The molecule has 2 fully saturated rings. The van der Waals surface area contributed by atoms with E-state index < -0.39 is 10.0 Å². The molecule has 0 aromatic heterocycles. The third-order valence-electron chi connectivity index (χ3n) is 6.63. The van der Waals surface area contributed by atoms with Crippen LogP contribution in [-0.2, 0) is 16.6 Å². The Bertz CT molecular complexity index is 996. The van der Waals surface area contributed by atoms with Gasteiger partial charge in [0.1, 0.15) is 0 Å². The van der Waals surface area contributed by atoms with Gasteiger partial charge in [0.15, 0.2) is 0 Å². The SMILES string of the molecule is O=C(NC1CCN(CC2CCCC2)CC1)c1cccc(S(=O)(=O)NCc2ccccc2)c1. The van der Waals surface area contributed by atoms with Crippen molar-refractivity contribution in [3.8, 4) is 0 Å². The summed E-state index contributed by atoms with van der Waals surface area (Å²) in [4.78, 5) is 15.4. The van der Waals surface area contributed by atoms with Crippen LogP contribution in [0.3, 0.4) is 0 Å². The van der Waals surface area contributed by atoms with E-state index in [1.165, 1.54) is 44.4 Å². The highest BCUT2D eigenvalue weighted by atomic mass is 32.2. The van der Waals surface area contributed by atoms with Gasteiger partial charge >= 0.3 is 0 Å².